The summed E-state index contributed by atoms with van der Waals surface area (Å²) in [6.07, 6.45) is 2.31. The van der Waals surface area contributed by atoms with Crippen LogP contribution in [-0.2, 0) is 10.8 Å². The Kier molecular flexibility index (Phi) is 3.89. The van der Waals surface area contributed by atoms with Gasteiger partial charge in [0.05, 0.1) is 10.8 Å². The Labute approximate surface area is 102 Å². The summed E-state index contributed by atoms with van der Waals surface area (Å²) in [4.78, 5) is 0.352. The number of hydrogen-bond acceptors (Lipinski definition) is 2. The molecule has 0 heterocycles. The Bertz CT molecular complexity index is 435. The van der Waals surface area contributed by atoms with Crippen molar-refractivity contribution in [1.29, 1.82) is 0 Å². The molecule has 0 saturated heterocycles. The van der Waals surface area contributed by atoms with Gasteiger partial charge in [-0.1, -0.05) is 0 Å². The van der Waals surface area contributed by atoms with Gasteiger partial charge in [-0.05, 0) is 44.0 Å². The molecule has 0 spiro atoms. The van der Waals surface area contributed by atoms with E-state index in [0.29, 0.717) is 16.6 Å². The summed E-state index contributed by atoms with van der Waals surface area (Å²) in [5.74, 6) is -0.817. The van der Waals surface area contributed by atoms with Crippen LogP contribution in [-0.4, -0.2) is 23.1 Å². The van der Waals surface area contributed by atoms with Gasteiger partial charge in [0.25, 0.3) is 0 Å². The van der Waals surface area contributed by atoms with Crippen LogP contribution in [0.25, 0.3) is 0 Å². The highest BCUT2D eigenvalue weighted by Gasteiger charge is 2.31. The zero-order valence-corrected chi connectivity index (χ0v) is 10.4. The van der Waals surface area contributed by atoms with Crippen LogP contribution in [0.1, 0.15) is 12.8 Å². The number of benzene rings is 1. The Morgan fingerprint density at radius 3 is 2.65 bits per heavy atom. The highest BCUT2D eigenvalue weighted by molar-refractivity contribution is 7.85. The van der Waals surface area contributed by atoms with Gasteiger partial charge in [-0.3, -0.25) is 4.21 Å². The molecule has 2 unspecified atom stereocenters. The maximum Gasteiger partial charge on any atom is 0.160 e. The molecule has 2 rings (SSSR count). The van der Waals surface area contributed by atoms with Crippen molar-refractivity contribution >= 4 is 10.8 Å². The molecule has 1 aliphatic rings. The third-order valence-corrected chi connectivity index (χ3v) is 4.49. The van der Waals surface area contributed by atoms with E-state index in [-0.39, 0.29) is 6.04 Å². The van der Waals surface area contributed by atoms with E-state index in [1.54, 1.807) is 0 Å². The fourth-order valence-corrected chi connectivity index (χ4v) is 3.24. The molecule has 0 amide bonds. The maximum absolute atomic E-state index is 13.0. The molecule has 1 saturated carbocycles. The Hall–Kier alpha value is -0.810. The third kappa shape index (κ3) is 3.10. The molecule has 0 radical (unpaired) electrons. The second kappa shape index (κ2) is 5.23. The molecule has 0 bridgehead atoms. The van der Waals surface area contributed by atoms with Crippen molar-refractivity contribution in [3.63, 3.8) is 0 Å². The lowest BCUT2D eigenvalue weighted by Crippen LogP contribution is -2.33. The lowest BCUT2D eigenvalue weighted by molar-refractivity contribution is 0.505. The van der Waals surface area contributed by atoms with Crippen molar-refractivity contribution in [3.05, 3.63) is 29.8 Å². The van der Waals surface area contributed by atoms with Crippen LogP contribution in [0.4, 0.5) is 8.78 Å². The van der Waals surface area contributed by atoms with E-state index < -0.39 is 22.4 Å². The predicted octanol–water partition coefficient (Wildman–Crippen LogP) is 2.07. The SMILES string of the molecule is CNC(CS(=O)c1ccc(F)c(F)c1)C1CC1. The number of rotatable bonds is 5. The van der Waals surface area contributed by atoms with Crippen LogP contribution >= 0.6 is 0 Å². The fourth-order valence-electron chi connectivity index (χ4n) is 1.83. The quantitative estimate of drug-likeness (QED) is 0.877. The highest BCUT2D eigenvalue weighted by atomic mass is 32.2. The summed E-state index contributed by atoms with van der Waals surface area (Å²) in [6, 6.07) is 3.62. The van der Waals surface area contributed by atoms with E-state index in [1.165, 1.54) is 6.07 Å². The van der Waals surface area contributed by atoms with Crippen molar-refractivity contribution in [2.24, 2.45) is 5.92 Å². The second-order valence-electron chi connectivity index (χ2n) is 4.32. The Morgan fingerprint density at radius 1 is 1.41 bits per heavy atom. The average Bonchev–Trinajstić information content (AvgIpc) is 3.13. The molecule has 1 aromatic carbocycles. The summed E-state index contributed by atoms with van der Waals surface area (Å²) in [6.45, 7) is 0. The van der Waals surface area contributed by atoms with Crippen molar-refractivity contribution < 1.29 is 13.0 Å². The zero-order chi connectivity index (χ0) is 12.4. The minimum absolute atomic E-state index is 0.198. The third-order valence-electron chi connectivity index (χ3n) is 3.05. The molecule has 0 aromatic heterocycles. The molecule has 94 valence electrons. The first kappa shape index (κ1) is 12.6. The summed E-state index contributed by atoms with van der Waals surface area (Å²) in [5.41, 5.74) is 0. The van der Waals surface area contributed by atoms with Gasteiger partial charge in [0.1, 0.15) is 0 Å². The number of halogens is 2. The van der Waals surface area contributed by atoms with Crippen LogP contribution in [0.2, 0.25) is 0 Å². The first-order chi connectivity index (χ1) is 8.11. The van der Waals surface area contributed by atoms with E-state index in [4.69, 9.17) is 0 Å². The van der Waals surface area contributed by atoms with Gasteiger partial charge in [-0.25, -0.2) is 8.78 Å². The molecule has 1 N–H and O–H groups in total. The number of hydrogen-bond donors (Lipinski definition) is 1. The van der Waals surface area contributed by atoms with Crippen LogP contribution in [0.5, 0.6) is 0 Å². The van der Waals surface area contributed by atoms with Crippen LogP contribution in [0.3, 0.4) is 0 Å². The average molecular weight is 259 g/mol. The summed E-state index contributed by atoms with van der Waals surface area (Å²) >= 11 is 0. The van der Waals surface area contributed by atoms with Gasteiger partial charge in [0, 0.05) is 16.7 Å². The number of nitrogens with one attached hydrogen (secondary N) is 1. The van der Waals surface area contributed by atoms with Gasteiger partial charge in [0.15, 0.2) is 11.6 Å². The monoisotopic (exact) mass is 259 g/mol. The van der Waals surface area contributed by atoms with Gasteiger partial charge in [-0.15, -0.1) is 0 Å². The fraction of sp³-hybridized carbons (Fsp3) is 0.500. The molecular weight excluding hydrogens is 244 g/mol. The largest absolute Gasteiger partial charge is 0.316 e. The Morgan fingerprint density at radius 2 is 2.12 bits per heavy atom. The summed E-state index contributed by atoms with van der Waals surface area (Å²) < 4.78 is 37.7. The minimum atomic E-state index is -1.28. The van der Waals surface area contributed by atoms with Gasteiger partial charge in [0.2, 0.25) is 0 Å². The van der Waals surface area contributed by atoms with Crippen LogP contribution in [0.15, 0.2) is 23.1 Å². The van der Waals surface area contributed by atoms with Gasteiger partial charge in [-0.2, -0.15) is 0 Å². The molecule has 2 nitrogen and oxygen atoms in total. The molecule has 1 aliphatic carbocycles. The smallest absolute Gasteiger partial charge is 0.160 e. The highest BCUT2D eigenvalue weighted by Crippen LogP contribution is 2.33. The van der Waals surface area contributed by atoms with E-state index in [9.17, 15) is 13.0 Å². The molecule has 1 aromatic rings. The normalized spacial score (nSPS) is 19.0. The summed E-state index contributed by atoms with van der Waals surface area (Å²) in [5, 5.41) is 3.13. The zero-order valence-electron chi connectivity index (χ0n) is 9.58. The topological polar surface area (TPSA) is 29.1 Å². The lowest BCUT2D eigenvalue weighted by atomic mass is 10.2. The first-order valence-corrected chi connectivity index (χ1v) is 6.94. The molecule has 2 atom stereocenters. The second-order valence-corrected chi connectivity index (χ2v) is 5.82. The van der Waals surface area contributed by atoms with Crippen LogP contribution in [0, 0.1) is 17.6 Å². The van der Waals surface area contributed by atoms with Crippen molar-refractivity contribution in [2.75, 3.05) is 12.8 Å². The molecular formula is C12H15F2NOS. The summed E-state index contributed by atoms with van der Waals surface area (Å²) in [7, 11) is 0.557. The maximum atomic E-state index is 13.0. The first-order valence-electron chi connectivity index (χ1n) is 5.62. The van der Waals surface area contributed by atoms with E-state index >= 15 is 0 Å². The van der Waals surface area contributed by atoms with E-state index in [0.717, 1.165) is 25.0 Å². The van der Waals surface area contributed by atoms with Crippen molar-refractivity contribution in [3.8, 4) is 0 Å². The minimum Gasteiger partial charge on any atom is -0.316 e. The van der Waals surface area contributed by atoms with Gasteiger partial charge < -0.3 is 5.32 Å². The molecule has 0 aliphatic heterocycles. The van der Waals surface area contributed by atoms with E-state index in [2.05, 4.69) is 5.32 Å². The van der Waals surface area contributed by atoms with Gasteiger partial charge >= 0.3 is 0 Å². The Balaban J connectivity index is 2.05. The predicted molar refractivity (Wildman–Crippen MR) is 63.2 cm³/mol. The van der Waals surface area contributed by atoms with Crippen molar-refractivity contribution in [2.45, 2.75) is 23.8 Å². The molecule has 5 heteroatoms. The molecule has 17 heavy (non-hydrogen) atoms. The van der Waals surface area contributed by atoms with E-state index in [1.807, 2.05) is 7.05 Å². The molecule has 1 fully saturated rings. The van der Waals surface area contributed by atoms with Crippen LogP contribution < -0.4 is 5.32 Å². The standard InChI is InChI=1S/C12H15F2NOS/c1-15-12(8-2-3-8)7-17(16)9-4-5-10(13)11(14)6-9/h4-6,8,12,15H,2-3,7H2,1H3. The lowest BCUT2D eigenvalue weighted by Gasteiger charge is -2.14. The van der Waals surface area contributed by atoms with Crippen molar-refractivity contribution in [1.82, 2.24) is 5.32 Å².